The number of benzene rings is 1. The van der Waals surface area contributed by atoms with Gasteiger partial charge in [-0.1, -0.05) is 28.9 Å². The first kappa shape index (κ1) is 20.2. The Morgan fingerprint density at radius 3 is 2.52 bits per heavy atom. The summed E-state index contributed by atoms with van der Waals surface area (Å²) in [5.74, 6) is 1.41. The third-order valence-corrected chi connectivity index (χ3v) is 4.07. The molecule has 0 radical (unpaired) electrons. The van der Waals surface area contributed by atoms with Gasteiger partial charge in [-0.15, -0.1) is 24.8 Å². The predicted octanol–water partition coefficient (Wildman–Crippen LogP) is 3.12. The normalized spacial score (nSPS) is 16.3. The van der Waals surface area contributed by atoms with Crippen LogP contribution >= 0.6 is 36.4 Å². The zero-order valence-electron chi connectivity index (χ0n) is 12.9. The highest BCUT2D eigenvalue weighted by Crippen LogP contribution is 2.19. The van der Waals surface area contributed by atoms with Crippen molar-refractivity contribution in [2.45, 2.75) is 19.4 Å². The van der Waals surface area contributed by atoms with Crippen molar-refractivity contribution in [3.63, 3.8) is 0 Å². The molecule has 8 heteroatoms. The highest BCUT2D eigenvalue weighted by molar-refractivity contribution is 6.30. The molecule has 2 aromatic rings. The molecular weight excluding hydrogens is 359 g/mol. The molecule has 1 fully saturated rings. The first-order valence-electron chi connectivity index (χ1n) is 7.24. The molecule has 1 aromatic carbocycles. The highest BCUT2D eigenvalue weighted by atomic mass is 35.5. The van der Waals surface area contributed by atoms with Crippen molar-refractivity contribution in [2.75, 3.05) is 26.2 Å². The third-order valence-electron chi connectivity index (χ3n) is 3.82. The minimum Gasteiger partial charge on any atom is -0.338 e. The molecule has 0 spiro atoms. The lowest BCUT2D eigenvalue weighted by molar-refractivity contribution is 0.154. The fourth-order valence-electron chi connectivity index (χ4n) is 2.52. The smallest absolute Gasteiger partial charge is 0.243 e. The molecule has 3 rings (SSSR count). The third kappa shape index (κ3) is 5.33. The van der Waals surface area contributed by atoms with Gasteiger partial charge in [0.05, 0.1) is 6.04 Å². The molecule has 23 heavy (non-hydrogen) atoms. The second-order valence-electron chi connectivity index (χ2n) is 5.31. The van der Waals surface area contributed by atoms with Crippen molar-refractivity contribution < 1.29 is 4.52 Å². The van der Waals surface area contributed by atoms with Crippen LogP contribution in [0.3, 0.4) is 0 Å². The molecule has 0 saturated carbocycles. The molecule has 0 bridgehead atoms. The zero-order chi connectivity index (χ0) is 14.7. The summed E-state index contributed by atoms with van der Waals surface area (Å²) in [5, 5.41) is 8.17. The average Bonchev–Trinajstić information content (AvgIpc) is 2.98. The lowest BCUT2D eigenvalue weighted by Crippen LogP contribution is -2.44. The van der Waals surface area contributed by atoms with Crippen molar-refractivity contribution in [3.05, 3.63) is 46.6 Å². The van der Waals surface area contributed by atoms with Crippen molar-refractivity contribution in [1.82, 2.24) is 20.4 Å². The molecule has 1 saturated heterocycles. The molecule has 128 valence electrons. The minimum absolute atomic E-state index is 0. The van der Waals surface area contributed by atoms with Crippen LogP contribution in [0.25, 0.3) is 0 Å². The zero-order valence-corrected chi connectivity index (χ0v) is 15.3. The summed E-state index contributed by atoms with van der Waals surface area (Å²) >= 11 is 5.89. The number of hydrogen-bond donors (Lipinski definition) is 1. The van der Waals surface area contributed by atoms with Gasteiger partial charge in [-0.3, -0.25) is 4.90 Å². The SMILES string of the molecule is CC(c1nc(Cc2ccc(Cl)cc2)no1)N1CCNCC1.Cl.Cl. The van der Waals surface area contributed by atoms with Crippen LogP contribution in [0.2, 0.25) is 5.02 Å². The molecule has 5 nitrogen and oxygen atoms in total. The van der Waals surface area contributed by atoms with Gasteiger partial charge in [0, 0.05) is 37.6 Å². The van der Waals surface area contributed by atoms with Crippen molar-refractivity contribution in [1.29, 1.82) is 0 Å². The topological polar surface area (TPSA) is 54.2 Å². The van der Waals surface area contributed by atoms with Gasteiger partial charge in [-0.05, 0) is 24.6 Å². The van der Waals surface area contributed by atoms with Gasteiger partial charge in [-0.2, -0.15) is 4.98 Å². The van der Waals surface area contributed by atoms with E-state index in [2.05, 4.69) is 27.3 Å². The van der Waals surface area contributed by atoms with Crippen molar-refractivity contribution in [2.24, 2.45) is 0 Å². The minimum atomic E-state index is 0. The van der Waals surface area contributed by atoms with E-state index in [9.17, 15) is 0 Å². The van der Waals surface area contributed by atoms with Gasteiger partial charge in [0.1, 0.15) is 0 Å². The number of nitrogens with one attached hydrogen (secondary N) is 1. The van der Waals surface area contributed by atoms with Gasteiger partial charge >= 0.3 is 0 Å². The molecule has 1 N–H and O–H groups in total. The van der Waals surface area contributed by atoms with Crippen LogP contribution in [0.4, 0.5) is 0 Å². The van der Waals surface area contributed by atoms with Crippen LogP contribution in [0.5, 0.6) is 0 Å². The van der Waals surface area contributed by atoms with Crippen LogP contribution in [-0.4, -0.2) is 41.2 Å². The lowest BCUT2D eigenvalue weighted by Gasteiger charge is -2.30. The van der Waals surface area contributed by atoms with Crippen LogP contribution in [-0.2, 0) is 6.42 Å². The fraction of sp³-hybridized carbons (Fsp3) is 0.467. The molecule has 1 aliphatic heterocycles. The first-order valence-corrected chi connectivity index (χ1v) is 7.62. The van der Waals surface area contributed by atoms with Gasteiger partial charge in [0.25, 0.3) is 0 Å². The molecule has 0 aliphatic carbocycles. The Morgan fingerprint density at radius 2 is 1.87 bits per heavy atom. The van der Waals surface area contributed by atoms with E-state index in [4.69, 9.17) is 16.1 Å². The van der Waals surface area contributed by atoms with Crippen molar-refractivity contribution in [3.8, 4) is 0 Å². The van der Waals surface area contributed by atoms with Crippen LogP contribution in [0.15, 0.2) is 28.8 Å². The first-order chi connectivity index (χ1) is 10.2. The largest absolute Gasteiger partial charge is 0.338 e. The van der Waals surface area contributed by atoms with E-state index in [1.54, 1.807) is 0 Å². The van der Waals surface area contributed by atoms with E-state index in [1.807, 2.05) is 24.3 Å². The van der Waals surface area contributed by atoms with Crippen LogP contribution in [0.1, 0.15) is 30.2 Å². The number of halogens is 3. The Hall–Kier alpha value is -0.850. The van der Waals surface area contributed by atoms with Gasteiger partial charge < -0.3 is 9.84 Å². The number of aromatic nitrogens is 2. The number of piperazine rings is 1. The Bertz CT molecular complexity index is 585. The van der Waals surface area contributed by atoms with Crippen LogP contribution in [0, 0.1) is 0 Å². The summed E-state index contributed by atoms with van der Waals surface area (Å²) in [6.07, 6.45) is 0.662. The maximum absolute atomic E-state index is 5.89. The van der Waals surface area contributed by atoms with Gasteiger partial charge in [0.15, 0.2) is 5.82 Å². The van der Waals surface area contributed by atoms with E-state index in [0.717, 1.165) is 36.8 Å². The van der Waals surface area contributed by atoms with E-state index in [0.29, 0.717) is 18.1 Å². The summed E-state index contributed by atoms with van der Waals surface area (Å²) in [4.78, 5) is 6.89. The molecule has 1 atom stereocenters. The summed E-state index contributed by atoms with van der Waals surface area (Å²) in [6.45, 7) is 6.16. The molecule has 2 heterocycles. The Labute approximate surface area is 153 Å². The second kappa shape index (κ2) is 9.45. The summed E-state index contributed by atoms with van der Waals surface area (Å²) in [7, 11) is 0. The molecule has 0 amide bonds. The number of rotatable bonds is 4. The number of hydrogen-bond acceptors (Lipinski definition) is 5. The summed E-state index contributed by atoms with van der Waals surface area (Å²) in [5.41, 5.74) is 1.13. The second-order valence-corrected chi connectivity index (χ2v) is 5.75. The Kier molecular flexibility index (Phi) is 8.29. The van der Waals surface area contributed by atoms with E-state index in [-0.39, 0.29) is 30.9 Å². The van der Waals surface area contributed by atoms with Crippen LogP contribution < -0.4 is 5.32 Å². The van der Waals surface area contributed by atoms with E-state index < -0.39 is 0 Å². The average molecular weight is 380 g/mol. The Balaban J connectivity index is 0.00000132. The monoisotopic (exact) mass is 378 g/mol. The summed E-state index contributed by atoms with van der Waals surface area (Å²) < 4.78 is 5.43. The quantitative estimate of drug-likeness (QED) is 0.884. The maximum atomic E-state index is 5.89. The molecule has 1 unspecified atom stereocenters. The fourth-order valence-corrected chi connectivity index (χ4v) is 2.65. The van der Waals surface area contributed by atoms with E-state index >= 15 is 0 Å². The van der Waals surface area contributed by atoms with Gasteiger partial charge in [-0.25, -0.2) is 0 Å². The van der Waals surface area contributed by atoms with E-state index in [1.165, 1.54) is 0 Å². The number of nitrogens with zero attached hydrogens (tertiary/aromatic N) is 3. The molecule has 1 aromatic heterocycles. The summed E-state index contributed by atoms with van der Waals surface area (Å²) in [6, 6.07) is 7.89. The molecular formula is C15H21Cl3N4O. The van der Waals surface area contributed by atoms with Gasteiger partial charge in [0.2, 0.25) is 5.89 Å². The predicted molar refractivity (Wildman–Crippen MR) is 95.9 cm³/mol. The lowest BCUT2D eigenvalue weighted by atomic mass is 10.1. The maximum Gasteiger partial charge on any atom is 0.243 e. The highest BCUT2D eigenvalue weighted by Gasteiger charge is 2.22. The Morgan fingerprint density at radius 1 is 1.22 bits per heavy atom. The van der Waals surface area contributed by atoms with Crippen molar-refractivity contribution >= 4 is 36.4 Å². The molecule has 1 aliphatic rings. The standard InChI is InChI=1S/C15H19ClN4O.2ClH/c1-11(20-8-6-17-7-9-20)15-18-14(19-21-15)10-12-2-4-13(16)5-3-12;;/h2-5,11,17H,6-10H2,1H3;2*1H.